The number of hydrogen-bond donors (Lipinski definition) is 1. The molecule has 0 saturated carbocycles. The minimum atomic E-state index is -4.71. The highest BCUT2D eigenvalue weighted by Gasteiger charge is 2.37. The minimum Gasteiger partial charge on any atom is -0.486 e. The molecule has 4 rings (SSSR count). The van der Waals surface area contributed by atoms with Crippen LogP contribution in [0.1, 0.15) is 36.8 Å². The summed E-state index contributed by atoms with van der Waals surface area (Å²) in [5, 5.41) is 9.03. The van der Waals surface area contributed by atoms with Crippen LogP contribution in [0, 0.1) is 0 Å². The van der Waals surface area contributed by atoms with Crippen LogP contribution < -0.4 is 9.04 Å². The van der Waals surface area contributed by atoms with E-state index in [1.165, 1.54) is 0 Å². The highest BCUT2D eigenvalue weighted by Crippen LogP contribution is 2.40. The van der Waals surface area contributed by atoms with Gasteiger partial charge in [0.05, 0.1) is 35.9 Å². The molecule has 2 aliphatic rings. The third-order valence-electron chi connectivity index (χ3n) is 5.85. The van der Waals surface area contributed by atoms with E-state index in [0.717, 1.165) is 46.5 Å². The van der Waals surface area contributed by atoms with Crippen molar-refractivity contribution < 1.29 is 41.0 Å². The fourth-order valence-electron chi connectivity index (χ4n) is 4.05. The predicted molar refractivity (Wildman–Crippen MR) is 122 cm³/mol. The standard InChI is InChI=1S/C24H24F3NO6S/c25-24(26,27)18-2-1-3-20(14-18)35(31,32)28-15-19(5-7-23(29)30)34-22-6-4-17(13-21(22)28)12-16-8-10-33-11-9-16/h1-4,6,12-14,19H,5,7-11,15H2,(H,29,30). The lowest BCUT2D eigenvalue weighted by Crippen LogP contribution is -2.43. The Morgan fingerprint density at radius 3 is 2.57 bits per heavy atom. The Morgan fingerprint density at radius 1 is 1.14 bits per heavy atom. The zero-order valence-corrected chi connectivity index (χ0v) is 19.4. The van der Waals surface area contributed by atoms with Gasteiger partial charge in [0.2, 0.25) is 0 Å². The Morgan fingerprint density at radius 2 is 1.89 bits per heavy atom. The summed E-state index contributed by atoms with van der Waals surface area (Å²) in [7, 11) is -4.41. The van der Waals surface area contributed by atoms with Crippen LogP contribution in [0.3, 0.4) is 0 Å². The van der Waals surface area contributed by atoms with Crippen molar-refractivity contribution in [3.63, 3.8) is 0 Å². The molecule has 1 unspecified atom stereocenters. The monoisotopic (exact) mass is 511 g/mol. The average Bonchev–Trinajstić information content (AvgIpc) is 2.82. The van der Waals surface area contributed by atoms with Gasteiger partial charge in [-0.25, -0.2) is 8.42 Å². The fourth-order valence-corrected chi connectivity index (χ4v) is 5.60. The summed E-state index contributed by atoms with van der Waals surface area (Å²) in [5.74, 6) is -0.846. The van der Waals surface area contributed by atoms with Gasteiger partial charge in [-0.15, -0.1) is 0 Å². The number of anilines is 1. The number of carbonyl (C=O) groups is 1. The maximum Gasteiger partial charge on any atom is 0.416 e. The Balaban J connectivity index is 1.75. The first kappa shape index (κ1) is 25.1. The summed E-state index contributed by atoms with van der Waals surface area (Å²) in [6.45, 7) is 0.967. The van der Waals surface area contributed by atoms with Crippen molar-refractivity contribution in [2.24, 2.45) is 0 Å². The van der Waals surface area contributed by atoms with Gasteiger partial charge in [-0.2, -0.15) is 13.2 Å². The van der Waals surface area contributed by atoms with Crippen molar-refractivity contribution in [1.29, 1.82) is 0 Å². The van der Waals surface area contributed by atoms with Gasteiger partial charge in [0.15, 0.2) is 0 Å². The van der Waals surface area contributed by atoms with Crippen LogP contribution in [-0.4, -0.2) is 45.4 Å². The number of carboxylic acid groups (broad SMARTS) is 1. The third-order valence-corrected chi connectivity index (χ3v) is 7.63. The highest BCUT2D eigenvalue weighted by atomic mass is 32.2. The highest BCUT2D eigenvalue weighted by molar-refractivity contribution is 7.92. The summed E-state index contributed by atoms with van der Waals surface area (Å²) in [4.78, 5) is 10.5. The summed E-state index contributed by atoms with van der Waals surface area (Å²) in [6, 6.07) is 8.55. The molecule has 1 atom stereocenters. The Labute approximate surface area is 200 Å². The second kappa shape index (κ2) is 9.90. The molecule has 0 bridgehead atoms. The molecule has 0 radical (unpaired) electrons. The van der Waals surface area contributed by atoms with Crippen LogP contribution in [0.4, 0.5) is 18.9 Å². The van der Waals surface area contributed by atoms with Crippen molar-refractivity contribution >= 4 is 27.8 Å². The Hall–Kier alpha value is -3.05. The number of nitrogens with zero attached hydrogens (tertiary/aromatic N) is 1. The van der Waals surface area contributed by atoms with E-state index in [0.29, 0.717) is 19.3 Å². The molecule has 2 aromatic rings. The number of alkyl halides is 3. The molecular formula is C24H24F3NO6S. The molecule has 11 heteroatoms. The lowest BCUT2D eigenvalue weighted by Gasteiger charge is -2.35. The molecule has 1 fully saturated rings. The molecule has 7 nitrogen and oxygen atoms in total. The second-order valence-corrected chi connectivity index (χ2v) is 10.2. The summed E-state index contributed by atoms with van der Waals surface area (Å²) in [6.07, 6.45) is -2.26. The van der Waals surface area contributed by atoms with Gasteiger partial charge in [0.25, 0.3) is 10.0 Å². The Kier molecular flexibility index (Phi) is 7.09. The van der Waals surface area contributed by atoms with Crippen LogP contribution in [0.15, 0.2) is 52.9 Å². The van der Waals surface area contributed by atoms with E-state index in [1.54, 1.807) is 18.2 Å². The number of aliphatic carboxylic acids is 1. The zero-order valence-electron chi connectivity index (χ0n) is 18.6. The molecule has 0 aliphatic carbocycles. The van der Waals surface area contributed by atoms with Crippen molar-refractivity contribution in [2.45, 2.75) is 42.9 Å². The largest absolute Gasteiger partial charge is 0.486 e. The fraction of sp³-hybridized carbons (Fsp3) is 0.375. The van der Waals surface area contributed by atoms with Gasteiger partial charge in [-0.05, 0) is 55.2 Å². The van der Waals surface area contributed by atoms with E-state index in [-0.39, 0.29) is 30.8 Å². The van der Waals surface area contributed by atoms with Gasteiger partial charge in [-0.3, -0.25) is 9.10 Å². The van der Waals surface area contributed by atoms with Crippen molar-refractivity contribution in [1.82, 2.24) is 0 Å². The predicted octanol–water partition coefficient (Wildman–Crippen LogP) is 4.72. The average molecular weight is 512 g/mol. The van der Waals surface area contributed by atoms with Gasteiger partial charge >= 0.3 is 12.1 Å². The molecule has 1 saturated heterocycles. The lowest BCUT2D eigenvalue weighted by atomic mass is 10.0. The van der Waals surface area contributed by atoms with Crippen LogP contribution in [0.5, 0.6) is 5.75 Å². The van der Waals surface area contributed by atoms with E-state index in [1.807, 2.05) is 6.08 Å². The normalized spacial score (nSPS) is 18.5. The SMILES string of the molecule is O=C(O)CCC1CN(S(=O)(=O)c2cccc(C(F)(F)F)c2)c2cc(C=C3CCOCC3)ccc2O1. The number of sulfonamides is 1. The number of benzene rings is 2. The summed E-state index contributed by atoms with van der Waals surface area (Å²) < 4.78 is 79.1. The number of ether oxygens (including phenoxy) is 2. The molecule has 0 amide bonds. The van der Waals surface area contributed by atoms with Crippen molar-refractivity contribution in [3.8, 4) is 5.75 Å². The van der Waals surface area contributed by atoms with Crippen molar-refractivity contribution in [3.05, 3.63) is 59.2 Å². The van der Waals surface area contributed by atoms with Crippen LogP contribution in [0.2, 0.25) is 0 Å². The number of rotatable bonds is 6. The molecule has 0 spiro atoms. The number of halogens is 3. The van der Waals surface area contributed by atoms with E-state index < -0.39 is 38.7 Å². The van der Waals surface area contributed by atoms with E-state index in [2.05, 4.69) is 0 Å². The third kappa shape index (κ3) is 5.79. The van der Waals surface area contributed by atoms with Crippen LogP contribution in [0.25, 0.3) is 6.08 Å². The van der Waals surface area contributed by atoms with Crippen LogP contribution >= 0.6 is 0 Å². The first-order valence-electron chi connectivity index (χ1n) is 11.0. The molecule has 188 valence electrons. The molecule has 2 aliphatic heterocycles. The lowest BCUT2D eigenvalue weighted by molar-refractivity contribution is -0.138. The van der Waals surface area contributed by atoms with E-state index in [9.17, 15) is 26.4 Å². The smallest absolute Gasteiger partial charge is 0.416 e. The van der Waals surface area contributed by atoms with Crippen molar-refractivity contribution in [2.75, 3.05) is 24.1 Å². The quantitative estimate of drug-likeness (QED) is 0.603. The molecule has 0 aromatic heterocycles. The maximum absolute atomic E-state index is 13.6. The first-order chi connectivity index (χ1) is 16.5. The van der Waals surface area contributed by atoms with Gasteiger partial charge in [-0.1, -0.05) is 23.8 Å². The van der Waals surface area contributed by atoms with Crippen LogP contribution in [-0.2, 0) is 25.7 Å². The van der Waals surface area contributed by atoms with Gasteiger partial charge < -0.3 is 14.6 Å². The van der Waals surface area contributed by atoms with Gasteiger partial charge in [0.1, 0.15) is 11.9 Å². The second-order valence-electron chi connectivity index (χ2n) is 8.38. The Bertz CT molecular complexity index is 1230. The number of carboxylic acids is 1. The summed E-state index contributed by atoms with van der Waals surface area (Å²) >= 11 is 0. The first-order valence-corrected chi connectivity index (χ1v) is 12.5. The number of fused-ring (bicyclic) bond motifs is 1. The molecule has 2 heterocycles. The molecule has 1 N–H and O–H groups in total. The molecular weight excluding hydrogens is 487 g/mol. The van der Waals surface area contributed by atoms with E-state index in [4.69, 9.17) is 14.6 Å². The number of hydrogen-bond acceptors (Lipinski definition) is 5. The molecule has 35 heavy (non-hydrogen) atoms. The van der Waals surface area contributed by atoms with Gasteiger partial charge in [0, 0.05) is 6.42 Å². The summed E-state index contributed by atoms with van der Waals surface area (Å²) in [5.41, 5.74) is 0.972. The zero-order chi connectivity index (χ0) is 25.2. The minimum absolute atomic E-state index is 0.0369. The topological polar surface area (TPSA) is 93.1 Å². The maximum atomic E-state index is 13.6. The van der Waals surface area contributed by atoms with E-state index >= 15 is 0 Å². The molecule has 2 aromatic carbocycles.